The second kappa shape index (κ2) is 7.85. The molecule has 1 aromatic rings. The third-order valence-corrected chi connectivity index (χ3v) is 4.93. The summed E-state index contributed by atoms with van der Waals surface area (Å²) in [5.41, 5.74) is 0. The van der Waals surface area contributed by atoms with Gasteiger partial charge in [0.05, 0.1) is 0 Å². The maximum Gasteiger partial charge on any atom is 0.0189 e. The van der Waals surface area contributed by atoms with Gasteiger partial charge in [-0.25, -0.2) is 0 Å². The van der Waals surface area contributed by atoms with E-state index in [1.54, 1.807) is 0 Å². The molecular weight excluding hydrogens is 238 g/mol. The van der Waals surface area contributed by atoms with Gasteiger partial charge >= 0.3 is 0 Å². The van der Waals surface area contributed by atoms with Gasteiger partial charge in [-0.2, -0.15) is 0 Å². The molecule has 1 fully saturated rings. The average Bonchev–Trinajstić information content (AvgIpc) is 2.94. The number of hydrogen-bond donors (Lipinski definition) is 1. The molecule has 1 aromatic carbocycles. The summed E-state index contributed by atoms with van der Waals surface area (Å²) >= 11 is 2.00. The average molecular weight is 263 g/mol. The highest BCUT2D eigenvalue weighted by molar-refractivity contribution is 7.99. The molecule has 2 heteroatoms. The molecule has 0 saturated heterocycles. The van der Waals surface area contributed by atoms with Crippen LogP contribution in [0.4, 0.5) is 0 Å². The van der Waals surface area contributed by atoms with E-state index in [-0.39, 0.29) is 0 Å². The molecule has 1 aliphatic rings. The second-order valence-corrected chi connectivity index (χ2v) is 6.32. The molecule has 1 unspecified atom stereocenters. The van der Waals surface area contributed by atoms with Crippen molar-refractivity contribution in [2.75, 3.05) is 12.3 Å². The highest BCUT2D eigenvalue weighted by Crippen LogP contribution is 2.30. The van der Waals surface area contributed by atoms with Gasteiger partial charge in [0.15, 0.2) is 0 Å². The van der Waals surface area contributed by atoms with Crippen LogP contribution in [-0.2, 0) is 0 Å². The number of benzene rings is 1. The number of rotatable bonds is 7. The molecule has 100 valence electrons. The van der Waals surface area contributed by atoms with Crippen LogP contribution >= 0.6 is 11.8 Å². The second-order valence-electron chi connectivity index (χ2n) is 5.23. The third-order valence-electron chi connectivity index (χ3n) is 3.80. The van der Waals surface area contributed by atoms with Crippen LogP contribution in [0.15, 0.2) is 35.2 Å². The summed E-state index contributed by atoms with van der Waals surface area (Å²) in [5, 5.41) is 3.76. The Morgan fingerprint density at radius 3 is 2.61 bits per heavy atom. The van der Waals surface area contributed by atoms with Crippen molar-refractivity contribution in [3.63, 3.8) is 0 Å². The first kappa shape index (κ1) is 14.0. The molecule has 18 heavy (non-hydrogen) atoms. The molecule has 0 aliphatic heterocycles. The molecule has 2 rings (SSSR count). The van der Waals surface area contributed by atoms with E-state index in [1.165, 1.54) is 42.8 Å². The summed E-state index contributed by atoms with van der Waals surface area (Å²) in [7, 11) is 0. The molecule has 0 bridgehead atoms. The summed E-state index contributed by atoms with van der Waals surface area (Å²) in [5.74, 6) is 2.13. The highest BCUT2D eigenvalue weighted by atomic mass is 32.2. The normalized spacial score (nSPS) is 18.1. The zero-order valence-corrected chi connectivity index (χ0v) is 12.2. The van der Waals surface area contributed by atoms with Crippen molar-refractivity contribution in [3.8, 4) is 0 Å². The van der Waals surface area contributed by atoms with Gasteiger partial charge in [-0.05, 0) is 43.9 Å². The van der Waals surface area contributed by atoms with Crippen molar-refractivity contribution < 1.29 is 0 Å². The Hall–Kier alpha value is -0.470. The zero-order chi connectivity index (χ0) is 12.6. The van der Waals surface area contributed by atoms with Crippen LogP contribution in [0.5, 0.6) is 0 Å². The quantitative estimate of drug-likeness (QED) is 0.735. The lowest BCUT2D eigenvalue weighted by Gasteiger charge is -2.24. The molecule has 0 aromatic heterocycles. The minimum atomic E-state index is 0.706. The molecule has 1 saturated carbocycles. The van der Waals surface area contributed by atoms with Gasteiger partial charge in [-0.3, -0.25) is 0 Å². The molecule has 1 nitrogen and oxygen atoms in total. The molecule has 0 heterocycles. The maximum atomic E-state index is 3.76. The molecule has 1 aliphatic carbocycles. The van der Waals surface area contributed by atoms with Gasteiger partial charge < -0.3 is 5.32 Å². The van der Waals surface area contributed by atoms with E-state index in [1.807, 2.05) is 11.8 Å². The van der Waals surface area contributed by atoms with E-state index in [0.29, 0.717) is 6.04 Å². The SMILES string of the molecule is CCCNC(CSc1ccccc1)C1CCCC1. The largest absolute Gasteiger partial charge is 0.313 e. The van der Waals surface area contributed by atoms with Gasteiger partial charge in [0.1, 0.15) is 0 Å². The smallest absolute Gasteiger partial charge is 0.0189 e. The van der Waals surface area contributed by atoms with Gasteiger partial charge in [-0.15, -0.1) is 11.8 Å². The Labute approximate surface area is 116 Å². The van der Waals surface area contributed by atoms with E-state index >= 15 is 0 Å². The summed E-state index contributed by atoms with van der Waals surface area (Å²) in [6, 6.07) is 11.5. The predicted molar refractivity (Wildman–Crippen MR) is 81.2 cm³/mol. The van der Waals surface area contributed by atoms with Gasteiger partial charge in [-0.1, -0.05) is 38.0 Å². The summed E-state index contributed by atoms with van der Waals surface area (Å²) in [6.07, 6.45) is 6.96. The van der Waals surface area contributed by atoms with Crippen molar-refractivity contribution in [2.24, 2.45) is 5.92 Å². The molecule has 0 spiro atoms. The van der Waals surface area contributed by atoms with Gasteiger partial charge in [0.2, 0.25) is 0 Å². The first-order chi connectivity index (χ1) is 8.90. The lowest BCUT2D eigenvalue weighted by Crippen LogP contribution is -2.37. The van der Waals surface area contributed by atoms with Crippen molar-refractivity contribution >= 4 is 11.8 Å². The summed E-state index contributed by atoms with van der Waals surface area (Å²) < 4.78 is 0. The summed E-state index contributed by atoms with van der Waals surface area (Å²) in [4.78, 5) is 1.40. The molecular formula is C16H25NS. The fourth-order valence-corrected chi connectivity index (χ4v) is 3.87. The Balaban J connectivity index is 1.84. The zero-order valence-electron chi connectivity index (χ0n) is 11.4. The van der Waals surface area contributed by atoms with Crippen LogP contribution in [0, 0.1) is 5.92 Å². The van der Waals surface area contributed by atoms with E-state index in [0.717, 1.165) is 12.5 Å². The van der Waals surface area contributed by atoms with Crippen LogP contribution in [0.2, 0.25) is 0 Å². The van der Waals surface area contributed by atoms with Crippen molar-refractivity contribution in [3.05, 3.63) is 30.3 Å². The number of hydrogen-bond acceptors (Lipinski definition) is 2. The first-order valence-electron chi connectivity index (χ1n) is 7.31. The molecule has 1 N–H and O–H groups in total. The van der Waals surface area contributed by atoms with Crippen LogP contribution in [0.25, 0.3) is 0 Å². The lowest BCUT2D eigenvalue weighted by atomic mass is 10.00. The summed E-state index contributed by atoms with van der Waals surface area (Å²) in [6.45, 7) is 3.42. The first-order valence-corrected chi connectivity index (χ1v) is 8.30. The van der Waals surface area contributed by atoms with E-state index < -0.39 is 0 Å². The third kappa shape index (κ3) is 4.33. The standard InChI is InChI=1S/C16H25NS/c1-2-12-17-16(14-8-6-7-9-14)13-18-15-10-4-3-5-11-15/h3-5,10-11,14,16-17H,2,6-9,12-13H2,1H3. The van der Waals surface area contributed by atoms with Crippen LogP contribution in [-0.4, -0.2) is 18.3 Å². The molecule has 0 radical (unpaired) electrons. The van der Waals surface area contributed by atoms with Crippen molar-refractivity contribution in [1.82, 2.24) is 5.32 Å². The lowest BCUT2D eigenvalue weighted by molar-refractivity contribution is 0.388. The van der Waals surface area contributed by atoms with Crippen LogP contribution < -0.4 is 5.32 Å². The Bertz CT molecular complexity index is 319. The van der Waals surface area contributed by atoms with Gasteiger partial charge in [0.25, 0.3) is 0 Å². The topological polar surface area (TPSA) is 12.0 Å². The Morgan fingerprint density at radius 2 is 1.94 bits per heavy atom. The van der Waals surface area contributed by atoms with E-state index in [4.69, 9.17) is 0 Å². The maximum absolute atomic E-state index is 3.76. The van der Waals surface area contributed by atoms with Crippen molar-refractivity contribution in [2.45, 2.75) is 50.0 Å². The Morgan fingerprint density at radius 1 is 1.22 bits per heavy atom. The minimum absolute atomic E-state index is 0.706. The van der Waals surface area contributed by atoms with Crippen LogP contribution in [0.1, 0.15) is 39.0 Å². The Kier molecular flexibility index (Phi) is 6.09. The predicted octanol–water partition coefficient (Wildman–Crippen LogP) is 4.34. The van der Waals surface area contributed by atoms with Gasteiger partial charge in [0, 0.05) is 16.7 Å². The number of nitrogens with one attached hydrogen (secondary N) is 1. The molecule has 0 amide bonds. The van der Waals surface area contributed by atoms with E-state index in [9.17, 15) is 0 Å². The monoisotopic (exact) mass is 263 g/mol. The van der Waals surface area contributed by atoms with E-state index in [2.05, 4.69) is 42.6 Å². The highest BCUT2D eigenvalue weighted by Gasteiger charge is 2.24. The molecule has 1 atom stereocenters. The minimum Gasteiger partial charge on any atom is -0.313 e. The number of thioether (sulfide) groups is 1. The van der Waals surface area contributed by atoms with Crippen LogP contribution in [0.3, 0.4) is 0 Å². The van der Waals surface area contributed by atoms with Crippen molar-refractivity contribution in [1.29, 1.82) is 0 Å². The fourth-order valence-electron chi connectivity index (χ4n) is 2.75. The fraction of sp³-hybridized carbons (Fsp3) is 0.625.